The molecule has 6 atom stereocenters. The van der Waals surface area contributed by atoms with Gasteiger partial charge in [0.25, 0.3) is 0 Å². The molecule has 1 aromatic heterocycles. The van der Waals surface area contributed by atoms with Crippen LogP contribution in [0.25, 0.3) is 17.2 Å². The number of pyridine rings is 1. The molecule has 1 aromatic carbocycles. The van der Waals surface area contributed by atoms with E-state index in [0.29, 0.717) is 24.4 Å². The number of esters is 1. The molecule has 1 saturated heterocycles. The van der Waals surface area contributed by atoms with E-state index < -0.39 is 6.09 Å². The maximum absolute atomic E-state index is 13.5. The lowest BCUT2D eigenvalue weighted by atomic mass is 9.57. The van der Waals surface area contributed by atoms with Crippen LogP contribution in [0.15, 0.2) is 48.7 Å². The van der Waals surface area contributed by atoms with Crippen LogP contribution in [-0.2, 0) is 14.3 Å². The van der Waals surface area contributed by atoms with E-state index in [4.69, 9.17) is 4.74 Å². The summed E-state index contributed by atoms with van der Waals surface area (Å²) < 4.78 is 23.3. The molecule has 7 heteroatoms. The van der Waals surface area contributed by atoms with Gasteiger partial charge in [-0.3, -0.25) is 9.78 Å². The van der Waals surface area contributed by atoms with Gasteiger partial charge in [-0.05, 0) is 74.3 Å². The van der Waals surface area contributed by atoms with E-state index in [0.717, 1.165) is 23.2 Å². The van der Waals surface area contributed by atoms with Crippen molar-refractivity contribution in [3.05, 3.63) is 60.2 Å². The summed E-state index contributed by atoms with van der Waals surface area (Å²) in [5.41, 5.74) is 7.16. The summed E-state index contributed by atoms with van der Waals surface area (Å²) in [6, 6.07) is 10.5. The SMILES string of the molecule is CC.CCOC(N)=O.C[C@H]1OC(=O)[C@@H]2C[C@@H]3CCCC[C@H]3[C@H](/C=C/c3ccc(-c4cccc(F)c4)cn3)C12.[HH]. The van der Waals surface area contributed by atoms with Gasteiger partial charge in [0, 0.05) is 19.1 Å². The number of cyclic esters (lactones) is 1. The molecule has 2 N–H and O–H groups in total. The van der Waals surface area contributed by atoms with Crippen molar-refractivity contribution in [2.75, 3.05) is 6.61 Å². The van der Waals surface area contributed by atoms with Crippen LogP contribution in [0.1, 0.15) is 66.9 Å². The minimum absolute atomic E-state index is 0. The zero-order valence-electron chi connectivity index (χ0n) is 22.9. The first kappa shape index (κ1) is 29.3. The highest BCUT2D eigenvalue weighted by atomic mass is 19.1. The fraction of sp³-hybridized carbons (Fsp3) is 0.516. The summed E-state index contributed by atoms with van der Waals surface area (Å²) in [5.74, 6) is 1.73. The third-order valence-corrected chi connectivity index (χ3v) is 7.79. The molecule has 5 rings (SSSR count). The van der Waals surface area contributed by atoms with Crippen LogP contribution in [0.2, 0.25) is 0 Å². The summed E-state index contributed by atoms with van der Waals surface area (Å²) in [5, 5.41) is 0. The normalized spacial score (nSPS) is 27.6. The summed E-state index contributed by atoms with van der Waals surface area (Å²) in [4.78, 5) is 26.6. The van der Waals surface area contributed by atoms with Crippen molar-refractivity contribution in [1.82, 2.24) is 4.98 Å². The molecule has 0 radical (unpaired) electrons. The number of carbonyl (C=O) groups excluding carboxylic acids is 2. The molecule has 2 aliphatic carbocycles. The van der Waals surface area contributed by atoms with Gasteiger partial charge in [0.1, 0.15) is 11.9 Å². The molecule has 2 heterocycles. The Morgan fingerprint density at radius 2 is 1.97 bits per heavy atom. The first-order valence-corrected chi connectivity index (χ1v) is 13.9. The van der Waals surface area contributed by atoms with Crippen LogP contribution >= 0.6 is 0 Å². The molecule has 3 aliphatic rings. The van der Waals surface area contributed by atoms with Gasteiger partial charge < -0.3 is 15.2 Å². The van der Waals surface area contributed by atoms with Gasteiger partial charge in [-0.1, -0.05) is 57.4 Å². The molecule has 38 heavy (non-hydrogen) atoms. The molecular formula is C31H43FN2O4. The minimum Gasteiger partial charge on any atom is -0.462 e. The van der Waals surface area contributed by atoms with Gasteiger partial charge in [-0.25, -0.2) is 9.18 Å². The van der Waals surface area contributed by atoms with Gasteiger partial charge in [0.2, 0.25) is 0 Å². The number of hydrogen-bond acceptors (Lipinski definition) is 5. The van der Waals surface area contributed by atoms with E-state index in [1.807, 2.05) is 32.0 Å². The van der Waals surface area contributed by atoms with Crippen LogP contribution in [0, 0.1) is 35.4 Å². The zero-order valence-corrected chi connectivity index (χ0v) is 22.9. The largest absolute Gasteiger partial charge is 0.462 e. The minimum atomic E-state index is -0.711. The number of rotatable bonds is 4. The summed E-state index contributed by atoms with van der Waals surface area (Å²) in [7, 11) is 0. The lowest BCUT2D eigenvalue weighted by Crippen LogP contribution is -2.42. The van der Waals surface area contributed by atoms with Crippen LogP contribution in [0.5, 0.6) is 0 Å². The van der Waals surface area contributed by atoms with E-state index in [1.165, 1.54) is 37.8 Å². The van der Waals surface area contributed by atoms with Gasteiger partial charge in [-0.2, -0.15) is 0 Å². The molecule has 0 bridgehead atoms. The Balaban J connectivity index is 0.000000528. The number of amides is 1. The second-order valence-corrected chi connectivity index (χ2v) is 9.94. The summed E-state index contributed by atoms with van der Waals surface area (Å²) in [6.07, 6.45) is 11.5. The summed E-state index contributed by atoms with van der Waals surface area (Å²) in [6.45, 7) is 8.11. The van der Waals surface area contributed by atoms with Crippen LogP contribution < -0.4 is 5.73 Å². The van der Waals surface area contributed by atoms with Crippen molar-refractivity contribution in [3.63, 3.8) is 0 Å². The van der Waals surface area contributed by atoms with Crippen LogP contribution in [0.3, 0.4) is 0 Å². The Labute approximate surface area is 227 Å². The number of nitrogens with two attached hydrogens (primary N) is 1. The number of primary amides is 1. The molecule has 3 fully saturated rings. The van der Waals surface area contributed by atoms with Crippen LogP contribution in [0.4, 0.5) is 9.18 Å². The number of aromatic nitrogens is 1. The Hall–Kier alpha value is -3.22. The number of allylic oxidation sites excluding steroid dienone is 1. The molecule has 208 valence electrons. The topological polar surface area (TPSA) is 91.5 Å². The first-order chi connectivity index (χ1) is 18.4. The average molecular weight is 527 g/mol. The molecule has 1 aliphatic heterocycles. The van der Waals surface area contributed by atoms with E-state index >= 15 is 0 Å². The van der Waals surface area contributed by atoms with Crippen LogP contribution in [-0.4, -0.2) is 29.8 Å². The third-order valence-electron chi connectivity index (χ3n) is 7.79. The first-order valence-electron chi connectivity index (χ1n) is 13.9. The number of halogens is 1. The van der Waals surface area contributed by atoms with Crippen molar-refractivity contribution < 1.29 is 24.9 Å². The Bertz CT molecular complexity index is 1090. The molecule has 6 nitrogen and oxygen atoms in total. The second kappa shape index (κ2) is 14.1. The molecular weight excluding hydrogens is 483 g/mol. The monoisotopic (exact) mass is 526 g/mol. The predicted molar refractivity (Wildman–Crippen MR) is 149 cm³/mol. The van der Waals surface area contributed by atoms with Gasteiger partial charge in [-0.15, -0.1) is 0 Å². The number of fused-ring (bicyclic) bond motifs is 2. The Kier molecular flexibility index (Phi) is 10.9. The number of hydrogen-bond donors (Lipinski definition) is 1. The highest BCUT2D eigenvalue weighted by molar-refractivity contribution is 5.75. The fourth-order valence-corrected chi connectivity index (χ4v) is 6.28. The molecule has 1 amide bonds. The molecule has 2 aromatic rings. The lowest BCUT2D eigenvalue weighted by molar-refractivity contribution is -0.144. The Morgan fingerprint density at radius 3 is 2.61 bits per heavy atom. The van der Waals surface area contributed by atoms with E-state index in [-0.39, 0.29) is 31.2 Å². The van der Waals surface area contributed by atoms with Crippen molar-refractivity contribution >= 4 is 18.1 Å². The number of carbonyl (C=O) groups is 2. The third kappa shape index (κ3) is 7.21. The van der Waals surface area contributed by atoms with Gasteiger partial charge >= 0.3 is 12.1 Å². The highest BCUT2D eigenvalue weighted by Crippen LogP contribution is 2.53. The van der Waals surface area contributed by atoms with Gasteiger partial charge in [0.05, 0.1) is 18.2 Å². The molecule has 0 spiro atoms. The van der Waals surface area contributed by atoms with Crippen molar-refractivity contribution in [2.45, 2.75) is 65.9 Å². The highest BCUT2D eigenvalue weighted by Gasteiger charge is 2.53. The quantitative estimate of drug-likeness (QED) is 0.423. The zero-order chi connectivity index (χ0) is 27.7. The van der Waals surface area contributed by atoms with E-state index in [1.54, 1.807) is 19.2 Å². The van der Waals surface area contributed by atoms with E-state index in [2.05, 4.69) is 34.5 Å². The van der Waals surface area contributed by atoms with Gasteiger partial charge in [0.15, 0.2) is 0 Å². The maximum atomic E-state index is 13.5. The Morgan fingerprint density at radius 1 is 1.21 bits per heavy atom. The van der Waals surface area contributed by atoms with Crippen molar-refractivity contribution in [2.24, 2.45) is 35.3 Å². The molecule has 1 unspecified atom stereocenters. The smallest absolute Gasteiger partial charge is 0.404 e. The standard InChI is InChI=1S/C26H28FNO2.C3H7NO2.C2H6.H2/c1-16-25-23(22-8-3-2-5-18(22)14-24(25)26(29)30-16)12-11-21-10-9-19(15-28-21)17-6-4-7-20(27)13-17;1-2-6-3(4)5;1-2;/h4,6-7,9-13,15-16,18,22-25H,2-3,5,8,14H2,1H3;2H2,1H3,(H2,4,5);1-2H3;1H/b12-11+;;;/t16-,18+,22-,23+,24-,25?;;;/m1.../s1. The predicted octanol–water partition coefficient (Wildman–Crippen LogP) is 7.28. The van der Waals surface area contributed by atoms with E-state index in [9.17, 15) is 14.0 Å². The number of nitrogens with zero attached hydrogens (tertiary/aromatic N) is 1. The molecule has 2 saturated carbocycles. The maximum Gasteiger partial charge on any atom is 0.404 e. The summed E-state index contributed by atoms with van der Waals surface area (Å²) >= 11 is 0. The van der Waals surface area contributed by atoms with Crippen molar-refractivity contribution in [1.29, 1.82) is 0 Å². The van der Waals surface area contributed by atoms with Crippen molar-refractivity contribution in [3.8, 4) is 11.1 Å². The number of benzene rings is 1. The lowest BCUT2D eigenvalue weighted by Gasteiger charge is -2.45. The second-order valence-electron chi connectivity index (χ2n) is 9.94. The average Bonchev–Trinajstić information content (AvgIpc) is 3.21. The number of ether oxygens (including phenoxy) is 2. The fourth-order valence-electron chi connectivity index (χ4n) is 6.28.